The minimum absolute atomic E-state index is 0.112. The largest absolute Gasteiger partial charge is 0.497 e. The number of carbonyl (C=O) groups is 3. The standard InChI is InChI=1S/C28H24O7/c1-3-20-4-9-23(10-5-20)33-27(30)18-19-28(31)34-24-11-6-21(7-12-24)8-17-26(29)35-25-15-13-22(32-2)14-16-25/h3-17H,1,18-19H2,2H3/b17-8+. The highest BCUT2D eigenvalue weighted by Crippen LogP contribution is 2.18. The van der Waals surface area contributed by atoms with E-state index in [0.29, 0.717) is 28.6 Å². The number of benzene rings is 3. The smallest absolute Gasteiger partial charge is 0.336 e. The van der Waals surface area contributed by atoms with Crippen molar-refractivity contribution >= 4 is 30.1 Å². The van der Waals surface area contributed by atoms with E-state index in [1.54, 1.807) is 92.1 Å². The first-order chi connectivity index (χ1) is 16.9. The average molecular weight is 472 g/mol. The van der Waals surface area contributed by atoms with Crippen molar-refractivity contribution in [2.75, 3.05) is 7.11 Å². The molecule has 7 heteroatoms. The molecule has 3 rings (SSSR count). The Balaban J connectivity index is 1.42. The summed E-state index contributed by atoms with van der Waals surface area (Å²) in [6.45, 7) is 3.66. The molecule has 0 saturated heterocycles. The van der Waals surface area contributed by atoms with Crippen LogP contribution in [0.3, 0.4) is 0 Å². The van der Waals surface area contributed by atoms with Gasteiger partial charge in [0.15, 0.2) is 0 Å². The molecule has 0 radical (unpaired) electrons. The van der Waals surface area contributed by atoms with Gasteiger partial charge in [0, 0.05) is 6.08 Å². The summed E-state index contributed by atoms with van der Waals surface area (Å²) >= 11 is 0. The topological polar surface area (TPSA) is 88.1 Å². The highest BCUT2D eigenvalue weighted by atomic mass is 16.5. The SMILES string of the molecule is C=Cc1ccc(OC(=O)CCC(=O)Oc2ccc(/C=C/C(=O)Oc3ccc(OC)cc3)cc2)cc1. The lowest BCUT2D eigenvalue weighted by Crippen LogP contribution is -2.14. The van der Waals surface area contributed by atoms with E-state index < -0.39 is 17.9 Å². The van der Waals surface area contributed by atoms with Gasteiger partial charge >= 0.3 is 17.9 Å². The first-order valence-corrected chi connectivity index (χ1v) is 10.7. The number of esters is 3. The molecule has 178 valence electrons. The number of hydrogen-bond donors (Lipinski definition) is 0. The quantitative estimate of drug-likeness (QED) is 0.226. The third kappa shape index (κ3) is 8.33. The van der Waals surface area contributed by atoms with Crippen LogP contribution in [-0.4, -0.2) is 25.0 Å². The summed E-state index contributed by atoms with van der Waals surface area (Å²) < 4.78 is 20.7. The Kier molecular flexibility index (Phi) is 8.96. The Hall–Kier alpha value is -4.65. The van der Waals surface area contributed by atoms with Crippen LogP contribution in [0.4, 0.5) is 0 Å². The maximum Gasteiger partial charge on any atom is 0.336 e. The van der Waals surface area contributed by atoms with Gasteiger partial charge in [-0.3, -0.25) is 9.59 Å². The highest BCUT2D eigenvalue weighted by Gasteiger charge is 2.11. The molecule has 0 atom stereocenters. The van der Waals surface area contributed by atoms with Gasteiger partial charge < -0.3 is 18.9 Å². The minimum Gasteiger partial charge on any atom is -0.497 e. The normalized spacial score (nSPS) is 10.4. The molecule has 0 saturated carbocycles. The van der Waals surface area contributed by atoms with E-state index in [9.17, 15) is 14.4 Å². The molecule has 3 aromatic carbocycles. The Bertz CT molecular complexity index is 1190. The fourth-order valence-corrected chi connectivity index (χ4v) is 2.85. The lowest BCUT2D eigenvalue weighted by atomic mass is 10.2. The first kappa shape index (κ1) is 25.0. The van der Waals surface area contributed by atoms with Crippen molar-refractivity contribution in [3.05, 3.63) is 96.6 Å². The van der Waals surface area contributed by atoms with E-state index in [4.69, 9.17) is 18.9 Å². The minimum atomic E-state index is -0.560. The zero-order valence-corrected chi connectivity index (χ0v) is 19.1. The van der Waals surface area contributed by atoms with Crippen LogP contribution in [0.15, 0.2) is 85.5 Å². The second-order valence-electron chi connectivity index (χ2n) is 7.22. The fourth-order valence-electron chi connectivity index (χ4n) is 2.85. The third-order valence-corrected chi connectivity index (χ3v) is 4.68. The van der Waals surface area contributed by atoms with E-state index in [0.717, 1.165) is 5.56 Å². The van der Waals surface area contributed by atoms with Crippen LogP contribution >= 0.6 is 0 Å². The highest BCUT2D eigenvalue weighted by molar-refractivity contribution is 5.88. The number of hydrogen-bond acceptors (Lipinski definition) is 7. The molecule has 35 heavy (non-hydrogen) atoms. The molecule has 0 aliphatic rings. The molecule has 0 spiro atoms. The van der Waals surface area contributed by atoms with Gasteiger partial charge in [0.2, 0.25) is 0 Å². The number of carbonyl (C=O) groups excluding carboxylic acids is 3. The van der Waals surface area contributed by atoms with Crippen molar-refractivity contribution in [1.82, 2.24) is 0 Å². The van der Waals surface area contributed by atoms with Gasteiger partial charge in [-0.2, -0.15) is 0 Å². The number of ether oxygens (including phenoxy) is 4. The summed E-state index contributed by atoms with van der Waals surface area (Å²) in [6, 6.07) is 20.0. The predicted octanol–water partition coefficient (Wildman–Crippen LogP) is 5.25. The first-order valence-electron chi connectivity index (χ1n) is 10.7. The summed E-state index contributed by atoms with van der Waals surface area (Å²) in [5.41, 5.74) is 1.62. The predicted molar refractivity (Wildman–Crippen MR) is 131 cm³/mol. The van der Waals surface area contributed by atoms with E-state index in [1.165, 1.54) is 6.08 Å². The Morgan fingerprint density at radius 3 is 1.57 bits per heavy atom. The Morgan fingerprint density at radius 2 is 1.09 bits per heavy atom. The molecule has 0 bridgehead atoms. The average Bonchev–Trinajstić information content (AvgIpc) is 2.88. The van der Waals surface area contributed by atoms with E-state index >= 15 is 0 Å². The molecular weight excluding hydrogens is 448 g/mol. The van der Waals surface area contributed by atoms with Gasteiger partial charge in [-0.15, -0.1) is 0 Å². The molecule has 0 unspecified atom stereocenters. The maximum atomic E-state index is 12.0. The van der Waals surface area contributed by atoms with Gasteiger partial charge in [-0.05, 0) is 65.7 Å². The second-order valence-corrected chi connectivity index (χ2v) is 7.22. The van der Waals surface area contributed by atoms with Gasteiger partial charge in [0.25, 0.3) is 0 Å². The molecule has 0 aromatic heterocycles. The van der Waals surface area contributed by atoms with E-state index in [2.05, 4.69) is 6.58 Å². The molecule has 0 amide bonds. The summed E-state index contributed by atoms with van der Waals surface area (Å²) in [6.07, 6.45) is 4.32. The van der Waals surface area contributed by atoms with Gasteiger partial charge in [-0.25, -0.2) is 4.79 Å². The van der Waals surface area contributed by atoms with Crippen LogP contribution in [0.25, 0.3) is 12.2 Å². The third-order valence-electron chi connectivity index (χ3n) is 4.68. The van der Waals surface area contributed by atoms with Crippen molar-refractivity contribution < 1.29 is 33.3 Å². The van der Waals surface area contributed by atoms with Crippen molar-refractivity contribution in [1.29, 1.82) is 0 Å². The van der Waals surface area contributed by atoms with Gasteiger partial charge in [-0.1, -0.05) is 36.9 Å². The molecule has 7 nitrogen and oxygen atoms in total. The van der Waals surface area contributed by atoms with Gasteiger partial charge in [0.1, 0.15) is 23.0 Å². The summed E-state index contributed by atoms with van der Waals surface area (Å²) in [7, 11) is 1.55. The van der Waals surface area contributed by atoms with Crippen LogP contribution < -0.4 is 18.9 Å². The van der Waals surface area contributed by atoms with Crippen molar-refractivity contribution in [2.45, 2.75) is 12.8 Å². The van der Waals surface area contributed by atoms with Crippen LogP contribution in [-0.2, 0) is 14.4 Å². The Morgan fingerprint density at radius 1 is 0.657 bits per heavy atom. The van der Waals surface area contributed by atoms with Crippen molar-refractivity contribution in [2.24, 2.45) is 0 Å². The second kappa shape index (κ2) is 12.6. The van der Waals surface area contributed by atoms with Crippen LogP contribution in [0, 0.1) is 0 Å². The fraction of sp³-hybridized carbons (Fsp3) is 0.107. The zero-order valence-electron chi connectivity index (χ0n) is 19.1. The van der Waals surface area contributed by atoms with E-state index in [-0.39, 0.29) is 12.8 Å². The lowest BCUT2D eigenvalue weighted by molar-refractivity contribution is -0.140. The summed E-state index contributed by atoms with van der Waals surface area (Å²) in [5.74, 6) is 0.152. The summed E-state index contributed by atoms with van der Waals surface area (Å²) in [4.78, 5) is 36.0. The molecule has 3 aromatic rings. The maximum absolute atomic E-state index is 12.0. The van der Waals surface area contributed by atoms with Crippen LogP contribution in [0.1, 0.15) is 24.0 Å². The number of methoxy groups -OCH3 is 1. The zero-order chi connectivity index (χ0) is 25.0. The molecule has 0 aliphatic heterocycles. The van der Waals surface area contributed by atoms with Crippen molar-refractivity contribution in [3.63, 3.8) is 0 Å². The van der Waals surface area contributed by atoms with Crippen molar-refractivity contribution in [3.8, 4) is 23.0 Å². The molecular formula is C28H24O7. The lowest BCUT2D eigenvalue weighted by Gasteiger charge is -2.06. The molecule has 0 N–H and O–H groups in total. The van der Waals surface area contributed by atoms with Crippen LogP contribution in [0.5, 0.6) is 23.0 Å². The summed E-state index contributed by atoms with van der Waals surface area (Å²) in [5, 5.41) is 0. The molecule has 0 aliphatic carbocycles. The Labute approximate surface area is 203 Å². The molecule has 0 fully saturated rings. The van der Waals surface area contributed by atoms with Crippen LogP contribution in [0.2, 0.25) is 0 Å². The van der Waals surface area contributed by atoms with Gasteiger partial charge in [0.05, 0.1) is 20.0 Å². The number of rotatable bonds is 10. The van der Waals surface area contributed by atoms with E-state index in [1.807, 2.05) is 0 Å². The monoisotopic (exact) mass is 472 g/mol. The molecule has 0 heterocycles.